The maximum absolute atomic E-state index is 12.1. The van der Waals surface area contributed by atoms with Crippen LogP contribution in [0.4, 0.5) is 0 Å². The van der Waals surface area contributed by atoms with Crippen LogP contribution in [-0.4, -0.2) is 99.7 Å². The second kappa shape index (κ2) is 74.7. The Labute approximate surface area is 523 Å². The second-order valence-electron chi connectivity index (χ2n) is 22.8. The van der Waals surface area contributed by atoms with Crippen molar-refractivity contribution >= 4 is 35.6 Å². The molecular formula is C71H138O14. The summed E-state index contributed by atoms with van der Waals surface area (Å²) >= 11 is 0. The maximum atomic E-state index is 12.1. The van der Waals surface area contributed by atoms with Crippen molar-refractivity contribution in [2.24, 2.45) is 17.8 Å². The molecule has 506 valence electrons. The number of aliphatic hydroxyl groups is 1. The summed E-state index contributed by atoms with van der Waals surface area (Å²) < 4.78 is 37.4. The quantitative estimate of drug-likeness (QED) is 0.0262. The van der Waals surface area contributed by atoms with Crippen molar-refractivity contribution < 1.29 is 67.0 Å². The number of carbonyl (C=O) groups excluding carboxylic acids is 6. The number of carbonyl (C=O) groups is 6. The van der Waals surface area contributed by atoms with Gasteiger partial charge in [0.1, 0.15) is 6.61 Å². The van der Waals surface area contributed by atoms with Gasteiger partial charge in [0.05, 0.1) is 64.3 Å². The van der Waals surface area contributed by atoms with Gasteiger partial charge in [-0.1, -0.05) is 231 Å². The number of rotatable bonds is 55. The molecule has 1 N–H and O–H groups in total. The van der Waals surface area contributed by atoms with E-state index in [4.69, 9.17) is 38.3 Å². The Morgan fingerprint density at radius 2 is 0.706 bits per heavy atom. The van der Waals surface area contributed by atoms with E-state index in [1.165, 1.54) is 103 Å². The number of esters is 5. The van der Waals surface area contributed by atoms with Crippen molar-refractivity contribution in [2.75, 3.05) is 52.9 Å². The summed E-state index contributed by atoms with van der Waals surface area (Å²) in [6, 6.07) is 0. The Morgan fingerprint density at radius 1 is 0.376 bits per heavy atom. The molecule has 0 radical (unpaired) electrons. The van der Waals surface area contributed by atoms with Gasteiger partial charge in [0.15, 0.2) is 5.78 Å². The Hall–Kier alpha value is -3.52. The van der Waals surface area contributed by atoms with Gasteiger partial charge in [-0.25, -0.2) is 0 Å². The fraction of sp³-hybridized carbons (Fsp3) is 0.887. The zero-order valence-corrected chi connectivity index (χ0v) is 57.8. The average molecular weight is 1220 g/mol. The third-order valence-corrected chi connectivity index (χ3v) is 13.8. The molecule has 0 aromatic heterocycles. The van der Waals surface area contributed by atoms with E-state index in [9.17, 15) is 28.8 Å². The fourth-order valence-corrected chi connectivity index (χ4v) is 8.35. The van der Waals surface area contributed by atoms with Crippen molar-refractivity contribution in [3.05, 3.63) is 12.3 Å². The minimum atomic E-state index is -0.374. The van der Waals surface area contributed by atoms with Gasteiger partial charge < -0.3 is 38.3 Å². The van der Waals surface area contributed by atoms with E-state index in [1.807, 2.05) is 27.7 Å². The number of aliphatic hydroxyl groups excluding tert-OH is 1. The monoisotopic (exact) mass is 1220 g/mol. The number of allylic oxidation sites excluding steroid dienone is 1. The number of unbranched alkanes of at least 4 members (excludes halogenated alkanes) is 19. The summed E-state index contributed by atoms with van der Waals surface area (Å²) in [4.78, 5) is 70.6. The van der Waals surface area contributed by atoms with E-state index < -0.39 is 0 Å². The molecule has 0 aliphatic carbocycles. The van der Waals surface area contributed by atoms with Crippen LogP contribution in [-0.2, 0) is 61.9 Å². The molecule has 0 aliphatic rings. The molecule has 0 saturated carbocycles. The summed E-state index contributed by atoms with van der Waals surface area (Å²) in [5, 5.41) is 9.05. The molecule has 2 unspecified atom stereocenters. The molecule has 0 amide bonds. The van der Waals surface area contributed by atoms with Crippen LogP contribution in [0.5, 0.6) is 0 Å². The van der Waals surface area contributed by atoms with Crippen molar-refractivity contribution in [3.63, 3.8) is 0 Å². The molecule has 0 spiro atoms. The van der Waals surface area contributed by atoms with Crippen LogP contribution in [0.15, 0.2) is 12.3 Å². The van der Waals surface area contributed by atoms with Crippen LogP contribution < -0.4 is 0 Å². The molecule has 2 atom stereocenters. The molecule has 0 aromatic carbocycles. The lowest BCUT2D eigenvalue weighted by molar-refractivity contribution is -0.154. The maximum Gasteiger partial charge on any atom is 0.306 e. The van der Waals surface area contributed by atoms with Crippen LogP contribution >= 0.6 is 0 Å². The minimum absolute atomic E-state index is 0.0370. The predicted octanol–water partition coefficient (Wildman–Crippen LogP) is 19.1. The lowest BCUT2D eigenvalue weighted by Gasteiger charge is -2.18. The molecule has 0 aromatic rings. The third-order valence-electron chi connectivity index (χ3n) is 13.8. The fourth-order valence-electron chi connectivity index (χ4n) is 8.35. The molecule has 0 aliphatic heterocycles. The Bertz CT molecular complexity index is 1430. The van der Waals surface area contributed by atoms with Gasteiger partial charge in [0, 0.05) is 44.1 Å². The SMILES string of the molecule is C=C(CCCCCCC)OCC(COC(=O)CCCCCCCC)CC(=O)OCCC.CC.CCC(C)CCCOCC(C)=O.CCCC(O)CCC.CCCCCCCCC(=O)OCC(COC(=O)CCCCCCCC)CC(=O)OCCC. The van der Waals surface area contributed by atoms with Gasteiger partial charge in [-0.2, -0.15) is 0 Å². The Morgan fingerprint density at radius 3 is 1.02 bits per heavy atom. The van der Waals surface area contributed by atoms with E-state index in [0.717, 1.165) is 127 Å². The van der Waals surface area contributed by atoms with Gasteiger partial charge >= 0.3 is 29.8 Å². The summed E-state index contributed by atoms with van der Waals surface area (Å²) in [6.07, 6.45) is 37.4. The van der Waals surface area contributed by atoms with Crippen LogP contribution in [0.25, 0.3) is 0 Å². The van der Waals surface area contributed by atoms with Gasteiger partial charge in [-0.3, -0.25) is 28.8 Å². The number of ether oxygens (including phenoxy) is 7. The first-order valence-electron chi connectivity index (χ1n) is 34.9. The van der Waals surface area contributed by atoms with Crippen LogP contribution in [0, 0.1) is 17.8 Å². The lowest BCUT2D eigenvalue weighted by Crippen LogP contribution is -2.24. The highest BCUT2D eigenvalue weighted by Crippen LogP contribution is 2.17. The number of hydrogen-bond donors (Lipinski definition) is 1. The normalized spacial score (nSPS) is 11.2. The Kier molecular flexibility index (Phi) is 79.3. The summed E-state index contributed by atoms with van der Waals surface area (Å²) in [5.74, 6) is -0.292. The third kappa shape index (κ3) is 78.5. The minimum Gasteiger partial charge on any atom is -0.498 e. The highest BCUT2D eigenvalue weighted by molar-refractivity contribution is 5.76. The zero-order chi connectivity index (χ0) is 64.8. The molecule has 0 heterocycles. The zero-order valence-electron chi connectivity index (χ0n) is 57.8. The van der Waals surface area contributed by atoms with Gasteiger partial charge in [0.2, 0.25) is 0 Å². The predicted molar refractivity (Wildman–Crippen MR) is 351 cm³/mol. The molecule has 0 saturated heterocycles. The number of hydrogen-bond acceptors (Lipinski definition) is 14. The average Bonchev–Trinajstić information content (AvgIpc) is 3.50. The molecule has 0 bridgehead atoms. The second-order valence-corrected chi connectivity index (χ2v) is 22.8. The highest BCUT2D eigenvalue weighted by Gasteiger charge is 2.21. The van der Waals surface area contributed by atoms with Gasteiger partial charge in [-0.15, -0.1) is 0 Å². The summed E-state index contributed by atoms with van der Waals surface area (Å²) in [7, 11) is 0. The topological polar surface area (TPSA) is 187 Å². The first-order chi connectivity index (χ1) is 41.0. The van der Waals surface area contributed by atoms with Crippen molar-refractivity contribution in [1.82, 2.24) is 0 Å². The van der Waals surface area contributed by atoms with Gasteiger partial charge in [0.25, 0.3) is 0 Å². The first-order valence-corrected chi connectivity index (χ1v) is 34.9. The lowest BCUT2D eigenvalue weighted by atomic mass is 10.0. The van der Waals surface area contributed by atoms with Crippen LogP contribution in [0.3, 0.4) is 0 Å². The summed E-state index contributed by atoms with van der Waals surface area (Å²) in [5.41, 5.74) is 0. The van der Waals surface area contributed by atoms with E-state index >= 15 is 0 Å². The molecule has 0 rings (SSSR count). The molecule has 85 heavy (non-hydrogen) atoms. The molecule has 14 heteroatoms. The molecule has 14 nitrogen and oxygen atoms in total. The largest absolute Gasteiger partial charge is 0.498 e. The van der Waals surface area contributed by atoms with Crippen molar-refractivity contribution in [1.29, 1.82) is 0 Å². The first kappa shape index (κ1) is 90.2. The summed E-state index contributed by atoms with van der Waals surface area (Å²) in [6.45, 7) is 33.2. The van der Waals surface area contributed by atoms with E-state index in [1.54, 1.807) is 6.92 Å². The number of Topliss-reactive ketones (excluding diaryl/α,β-unsaturated/α-hetero) is 1. The van der Waals surface area contributed by atoms with Crippen molar-refractivity contribution in [3.8, 4) is 0 Å². The van der Waals surface area contributed by atoms with Crippen molar-refractivity contribution in [2.45, 2.75) is 340 Å². The Balaban J connectivity index is -0.000000372. The standard InChI is InChI=1S/C26H48O6.C26H48O5.C10H20O2.C7H16O.C2H6/c1-4-7-9-11-13-15-17-24(27)31-21-23(20-26(29)30-19-6-3)22-32-25(28)18-16-14-12-10-8-5-2;1-5-8-10-12-14-16-18-25(27)31-22-24(20-26(28)29-19-7-3)21-30-23(4)17-15-13-11-9-6-2;1-4-9(2)6-5-7-12-8-10(3)11;1-3-5-7(8)6-4-2;1-2/h23H,4-22H2,1-3H3;24H,4-22H2,1-3H3;9H,4-8H2,1-3H3;7-8H,3-6H2,1-2H3;1-2H3. The smallest absolute Gasteiger partial charge is 0.306 e. The van der Waals surface area contributed by atoms with Crippen LogP contribution in [0.1, 0.15) is 334 Å². The van der Waals surface area contributed by atoms with Crippen LogP contribution in [0.2, 0.25) is 0 Å². The van der Waals surface area contributed by atoms with E-state index in [-0.39, 0.29) is 92.8 Å². The highest BCUT2D eigenvalue weighted by atomic mass is 16.6. The molecular weight excluding hydrogens is 1080 g/mol. The van der Waals surface area contributed by atoms with E-state index in [2.05, 4.69) is 62.0 Å². The molecule has 0 fully saturated rings. The van der Waals surface area contributed by atoms with E-state index in [0.29, 0.717) is 39.1 Å². The number of ketones is 1. The van der Waals surface area contributed by atoms with Gasteiger partial charge in [-0.05, 0) is 77.0 Å².